The van der Waals surface area contributed by atoms with Crippen molar-refractivity contribution in [1.82, 2.24) is 10.2 Å². The van der Waals surface area contributed by atoms with Gasteiger partial charge in [0.05, 0.1) is 0 Å². The Morgan fingerprint density at radius 2 is 2.14 bits per heavy atom. The van der Waals surface area contributed by atoms with Crippen LogP contribution < -0.4 is 5.32 Å². The first-order valence-corrected chi connectivity index (χ1v) is 6.21. The fourth-order valence-corrected chi connectivity index (χ4v) is 3.09. The summed E-state index contributed by atoms with van der Waals surface area (Å²) in [6.45, 7) is 5.76. The van der Waals surface area contributed by atoms with E-state index in [1.807, 2.05) is 0 Å². The molecule has 0 radical (unpaired) electrons. The predicted molar refractivity (Wildman–Crippen MR) is 60.4 cm³/mol. The van der Waals surface area contributed by atoms with Crippen LogP contribution in [-0.4, -0.2) is 37.6 Å². The van der Waals surface area contributed by atoms with Crippen molar-refractivity contribution in [2.24, 2.45) is 11.8 Å². The zero-order valence-corrected chi connectivity index (χ0v) is 9.63. The predicted octanol–water partition coefficient (Wildman–Crippen LogP) is 1.72. The Bertz CT molecular complexity index is 181. The number of fused-ring (bicyclic) bond motifs is 2. The smallest absolute Gasteiger partial charge is 0.0104 e. The third kappa shape index (κ3) is 2.29. The van der Waals surface area contributed by atoms with Gasteiger partial charge in [-0.15, -0.1) is 0 Å². The Morgan fingerprint density at radius 3 is 2.71 bits per heavy atom. The van der Waals surface area contributed by atoms with Gasteiger partial charge in [-0.1, -0.05) is 13.3 Å². The average Bonchev–Trinajstić information content (AvgIpc) is 2.79. The van der Waals surface area contributed by atoms with E-state index in [4.69, 9.17) is 0 Å². The lowest BCUT2D eigenvalue weighted by Crippen LogP contribution is -2.38. The third-order valence-corrected chi connectivity index (χ3v) is 4.18. The lowest BCUT2D eigenvalue weighted by molar-refractivity contribution is 0.307. The fraction of sp³-hybridized carbons (Fsp3) is 1.00. The maximum atomic E-state index is 3.74. The van der Waals surface area contributed by atoms with E-state index in [-0.39, 0.29) is 0 Å². The number of hydrogen-bond donors (Lipinski definition) is 1. The Kier molecular flexibility index (Phi) is 3.45. The van der Waals surface area contributed by atoms with Gasteiger partial charge in [-0.3, -0.25) is 0 Å². The first-order chi connectivity index (χ1) is 6.79. The lowest BCUT2D eigenvalue weighted by atomic mass is 9.95. The highest BCUT2D eigenvalue weighted by Crippen LogP contribution is 2.44. The highest BCUT2D eigenvalue weighted by atomic mass is 15.1. The van der Waals surface area contributed by atoms with Gasteiger partial charge < -0.3 is 10.2 Å². The van der Waals surface area contributed by atoms with Crippen LogP contribution in [0.3, 0.4) is 0 Å². The van der Waals surface area contributed by atoms with E-state index in [0.717, 1.165) is 17.9 Å². The minimum atomic E-state index is 0.860. The van der Waals surface area contributed by atoms with Gasteiger partial charge in [0.15, 0.2) is 0 Å². The minimum absolute atomic E-state index is 0.860. The summed E-state index contributed by atoms with van der Waals surface area (Å²) in [4.78, 5) is 2.38. The Balaban J connectivity index is 1.62. The van der Waals surface area contributed by atoms with Crippen LogP contribution in [0.25, 0.3) is 0 Å². The molecule has 2 bridgehead atoms. The average molecular weight is 196 g/mol. The van der Waals surface area contributed by atoms with Crippen LogP contribution in [0.5, 0.6) is 0 Å². The molecule has 0 amide bonds. The summed E-state index contributed by atoms with van der Waals surface area (Å²) in [5.41, 5.74) is 0. The highest BCUT2D eigenvalue weighted by Gasteiger charge is 2.38. The highest BCUT2D eigenvalue weighted by molar-refractivity contribution is 4.93. The van der Waals surface area contributed by atoms with Gasteiger partial charge in [0.25, 0.3) is 0 Å². The van der Waals surface area contributed by atoms with Crippen LogP contribution in [0.4, 0.5) is 0 Å². The van der Waals surface area contributed by atoms with Crippen molar-refractivity contribution in [1.29, 1.82) is 0 Å². The van der Waals surface area contributed by atoms with Crippen molar-refractivity contribution >= 4 is 0 Å². The van der Waals surface area contributed by atoms with Gasteiger partial charge in [0.1, 0.15) is 0 Å². The molecule has 0 heterocycles. The Hall–Kier alpha value is -0.0800. The molecule has 0 spiro atoms. The molecule has 2 aliphatic rings. The largest absolute Gasteiger partial charge is 0.312 e. The minimum Gasteiger partial charge on any atom is -0.312 e. The number of rotatable bonds is 5. The van der Waals surface area contributed by atoms with Crippen LogP contribution in [0.1, 0.15) is 32.6 Å². The second kappa shape index (κ2) is 4.63. The van der Waals surface area contributed by atoms with E-state index in [9.17, 15) is 0 Å². The second-order valence-corrected chi connectivity index (χ2v) is 5.13. The Labute approximate surface area is 88.1 Å². The van der Waals surface area contributed by atoms with Crippen LogP contribution in [-0.2, 0) is 0 Å². The van der Waals surface area contributed by atoms with E-state index in [0.29, 0.717) is 0 Å². The number of nitrogens with one attached hydrogen (secondary N) is 1. The molecule has 0 aliphatic heterocycles. The number of hydrogen-bond acceptors (Lipinski definition) is 2. The summed E-state index contributed by atoms with van der Waals surface area (Å²) in [5.74, 6) is 2.09. The molecule has 0 saturated heterocycles. The molecule has 2 rings (SSSR count). The molecule has 2 saturated carbocycles. The van der Waals surface area contributed by atoms with Crippen molar-refractivity contribution in [2.45, 2.75) is 38.6 Å². The van der Waals surface area contributed by atoms with Gasteiger partial charge in [0, 0.05) is 19.1 Å². The molecule has 2 fully saturated rings. The molecule has 0 aromatic heterocycles. The molecule has 2 nitrogen and oxygen atoms in total. The molecule has 3 atom stereocenters. The van der Waals surface area contributed by atoms with Crippen molar-refractivity contribution in [3.8, 4) is 0 Å². The zero-order chi connectivity index (χ0) is 9.97. The number of nitrogens with zero attached hydrogens (tertiary/aromatic N) is 1. The normalized spacial score (nSPS) is 35.8. The maximum absolute atomic E-state index is 3.74. The molecule has 2 aliphatic carbocycles. The third-order valence-electron chi connectivity index (χ3n) is 4.18. The SMILES string of the molecule is CCN(C)CCNC1CC2CCC1C2. The molecule has 3 unspecified atom stereocenters. The fourth-order valence-electron chi connectivity index (χ4n) is 3.09. The summed E-state index contributed by atoms with van der Waals surface area (Å²) in [5, 5.41) is 3.74. The van der Waals surface area contributed by atoms with E-state index in [1.165, 1.54) is 45.3 Å². The van der Waals surface area contributed by atoms with Crippen LogP contribution >= 0.6 is 0 Å². The second-order valence-electron chi connectivity index (χ2n) is 5.13. The summed E-state index contributed by atoms with van der Waals surface area (Å²) in [7, 11) is 2.20. The standard InChI is InChI=1S/C12H24N2/c1-3-14(2)7-6-13-12-9-10-4-5-11(12)8-10/h10-13H,3-9H2,1-2H3. The molecular weight excluding hydrogens is 172 g/mol. The molecular formula is C12H24N2. The van der Waals surface area contributed by atoms with Gasteiger partial charge in [0.2, 0.25) is 0 Å². The van der Waals surface area contributed by atoms with Gasteiger partial charge in [-0.2, -0.15) is 0 Å². The van der Waals surface area contributed by atoms with Crippen LogP contribution in [0.2, 0.25) is 0 Å². The first-order valence-electron chi connectivity index (χ1n) is 6.21. The van der Waals surface area contributed by atoms with Crippen molar-refractivity contribution < 1.29 is 0 Å². The van der Waals surface area contributed by atoms with E-state index >= 15 is 0 Å². The molecule has 1 N–H and O–H groups in total. The molecule has 2 heteroatoms. The van der Waals surface area contributed by atoms with Crippen LogP contribution in [0, 0.1) is 11.8 Å². The maximum Gasteiger partial charge on any atom is 0.0104 e. The van der Waals surface area contributed by atoms with Gasteiger partial charge in [-0.05, 0) is 44.7 Å². The van der Waals surface area contributed by atoms with Crippen molar-refractivity contribution in [2.75, 3.05) is 26.7 Å². The van der Waals surface area contributed by atoms with Gasteiger partial charge >= 0.3 is 0 Å². The monoisotopic (exact) mass is 196 g/mol. The molecule has 82 valence electrons. The van der Waals surface area contributed by atoms with E-state index < -0.39 is 0 Å². The molecule has 14 heavy (non-hydrogen) atoms. The van der Waals surface area contributed by atoms with Crippen molar-refractivity contribution in [3.63, 3.8) is 0 Å². The number of likely N-dealkylation sites (N-methyl/N-ethyl adjacent to an activating group) is 1. The first kappa shape index (κ1) is 10.4. The quantitative estimate of drug-likeness (QED) is 0.720. The van der Waals surface area contributed by atoms with Crippen molar-refractivity contribution in [3.05, 3.63) is 0 Å². The zero-order valence-electron chi connectivity index (χ0n) is 9.63. The topological polar surface area (TPSA) is 15.3 Å². The summed E-state index contributed by atoms with van der Waals surface area (Å²) < 4.78 is 0. The van der Waals surface area contributed by atoms with Gasteiger partial charge in [-0.25, -0.2) is 0 Å². The lowest BCUT2D eigenvalue weighted by Gasteiger charge is -2.24. The molecule has 0 aromatic rings. The van der Waals surface area contributed by atoms with Crippen LogP contribution in [0.15, 0.2) is 0 Å². The van der Waals surface area contributed by atoms with E-state index in [2.05, 4.69) is 24.2 Å². The summed E-state index contributed by atoms with van der Waals surface area (Å²) >= 11 is 0. The molecule has 0 aromatic carbocycles. The van der Waals surface area contributed by atoms with E-state index in [1.54, 1.807) is 0 Å². The summed E-state index contributed by atoms with van der Waals surface area (Å²) in [6, 6.07) is 0.860. The Morgan fingerprint density at radius 1 is 1.29 bits per heavy atom. The summed E-state index contributed by atoms with van der Waals surface area (Å²) in [6.07, 6.45) is 5.98.